The van der Waals surface area contributed by atoms with E-state index in [2.05, 4.69) is 11.9 Å². The van der Waals surface area contributed by atoms with Crippen LogP contribution in [0.4, 0.5) is 0 Å². The Morgan fingerprint density at radius 1 is 1.35 bits per heavy atom. The molecule has 8 heteroatoms. The van der Waals surface area contributed by atoms with Crippen LogP contribution in [0.25, 0.3) is 0 Å². The summed E-state index contributed by atoms with van der Waals surface area (Å²) < 4.78 is 31.7. The Kier molecular flexibility index (Phi) is 6.20. The van der Waals surface area contributed by atoms with E-state index in [1.165, 1.54) is 16.6 Å². The van der Waals surface area contributed by atoms with Gasteiger partial charge in [-0.1, -0.05) is 13.3 Å². The Morgan fingerprint density at radius 2 is 2.04 bits per heavy atom. The van der Waals surface area contributed by atoms with E-state index in [4.69, 9.17) is 4.74 Å². The molecule has 1 amide bonds. The first-order valence-corrected chi connectivity index (χ1v) is 9.50. The van der Waals surface area contributed by atoms with Gasteiger partial charge in [-0.3, -0.25) is 4.79 Å². The number of ether oxygens (including phenoxy) is 1. The van der Waals surface area contributed by atoms with Gasteiger partial charge in [-0.2, -0.15) is 4.31 Å². The molecule has 0 aromatic carbocycles. The van der Waals surface area contributed by atoms with Crippen LogP contribution in [-0.4, -0.2) is 67.9 Å². The molecule has 1 aromatic heterocycles. The maximum Gasteiger partial charge on any atom is 0.270 e. The van der Waals surface area contributed by atoms with Gasteiger partial charge in [0.2, 0.25) is 10.0 Å². The highest BCUT2D eigenvalue weighted by atomic mass is 32.2. The lowest BCUT2D eigenvalue weighted by atomic mass is 10.3. The molecule has 130 valence electrons. The average molecular weight is 343 g/mol. The zero-order valence-corrected chi connectivity index (χ0v) is 14.6. The van der Waals surface area contributed by atoms with Gasteiger partial charge in [0.15, 0.2) is 0 Å². The van der Waals surface area contributed by atoms with Crippen molar-refractivity contribution in [3.8, 4) is 0 Å². The van der Waals surface area contributed by atoms with E-state index in [1.54, 1.807) is 4.90 Å². The van der Waals surface area contributed by atoms with Gasteiger partial charge >= 0.3 is 0 Å². The maximum absolute atomic E-state index is 12.6. The molecular weight excluding hydrogens is 318 g/mol. The van der Waals surface area contributed by atoms with Crippen molar-refractivity contribution in [1.29, 1.82) is 0 Å². The highest BCUT2D eigenvalue weighted by molar-refractivity contribution is 7.89. The molecule has 1 fully saturated rings. The molecule has 23 heavy (non-hydrogen) atoms. The van der Waals surface area contributed by atoms with E-state index in [1.807, 2.05) is 6.92 Å². The molecule has 0 aliphatic carbocycles. The number of rotatable bonds is 7. The second kappa shape index (κ2) is 7.94. The summed E-state index contributed by atoms with van der Waals surface area (Å²) in [6, 6.07) is 1.43. The number of aromatic nitrogens is 1. The number of carbonyl (C=O) groups excluding carboxylic acids is 1. The molecular formula is C15H25N3O4S. The molecule has 0 saturated carbocycles. The first kappa shape index (κ1) is 18.0. The highest BCUT2D eigenvalue weighted by Gasteiger charge is 2.28. The lowest BCUT2D eigenvalue weighted by Crippen LogP contribution is -2.40. The van der Waals surface area contributed by atoms with Crippen LogP contribution in [0, 0.1) is 0 Å². The van der Waals surface area contributed by atoms with Crippen molar-refractivity contribution in [1.82, 2.24) is 14.2 Å². The third-order valence-electron chi connectivity index (χ3n) is 3.95. The van der Waals surface area contributed by atoms with Gasteiger partial charge in [-0.15, -0.1) is 0 Å². The van der Waals surface area contributed by atoms with Gasteiger partial charge in [0.1, 0.15) is 10.6 Å². The van der Waals surface area contributed by atoms with Crippen LogP contribution < -0.4 is 0 Å². The zero-order chi connectivity index (χ0) is 16.9. The van der Waals surface area contributed by atoms with Crippen molar-refractivity contribution in [2.45, 2.75) is 31.6 Å². The van der Waals surface area contributed by atoms with Gasteiger partial charge < -0.3 is 14.6 Å². The standard InChI is InChI=1S/C15H25N3O4S/c1-3-5-6-17(4-2)15(19)14-11-13(12-16-14)23(20,21)18-7-9-22-10-8-18/h11-12,16H,3-10H2,1-2H3. The minimum atomic E-state index is -3.57. The molecule has 0 atom stereocenters. The van der Waals surface area contributed by atoms with Crippen molar-refractivity contribution in [2.75, 3.05) is 39.4 Å². The number of sulfonamides is 1. The number of amides is 1. The molecule has 0 bridgehead atoms. The van der Waals surface area contributed by atoms with Crippen LogP contribution >= 0.6 is 0 Å². The normalized spacial score (nSPS) is 16.4. The molecule has 0 unspecified atom stereocenters. The number of aromatic amines is 1. The summed E-state index contributed by atoms with van der Waals surface area (Å²) in [6.07, 6.45) is 3.33. The van der Waals surface area contributed by atoms with Crippen LogP contribution in [0.3, 0.4) is 0 Å². The number of morpholine rings is 1. The van der Waals surface area contributed by atoms with E-state index in [0.717, 1.165) is 12.8 Å². The minimum absolute atomic E-state index is 0.134. The molecule has 1 N–H and O–H groups in total. The summed E-state index contributed by atoms with van der Waals surface area (Å²) in [4.78, 5) is 17.1. The average Bonchev–Trinajstić information content (AvgIpc) is 3.07. The van der Waals surface area contributed by atoms with E-state index in [9.17, 15) is 13.2 Å². The van der Waals surface area contributed by atoms with Crippen LogP contribution in [0.5, 0.6) is 0 Å². The quantitative estimate of drug-likeness (QED) is 0.809. The summed E-state index contributed by atoms with van der Waals surface area (Å²) in [5.41, 5.74) is 0.315. The number of carbonyl (C=O) groups is 1. The first-order chi connectivity index (χ1) is 11.0. The lowest BCUT2D eigenvalue weighted by Gasteiger charge is -2.25. The first-order valence-electron chi connectivity index (χ1n) is 8.06. The van der Waals surface area contributed by atoms with E-state index >= 15 is 0 Å². The Bertz CT molecular complexity index is 620. The molecule has 1 aromatic rings. The minimum Gasteiger partial charge on any atom is -0.379 e. The summed E-state index contributed by atoms with van der Waals surface area (Å²) in [6.45, 7) is 6.75. The predicted molar refractivity (Wildman–Crippen MR) is 86.9 cm³/mol. The third kappa shape index (κ3) is 4.13. The second-order valence-electron chi connectivity index (χ2n) is 5.50. The highest BCUT2D eigenvalue weighted by Crippen LogP contribution is 2.19. The Labute approximate surface area is 137 Å². The molecule has 7 nitrogen and oxygen atoms in total. The SMILES string of the molecule is CCCCN(CC)C(=O)c1cc(S(=O)(=O)N2CCOCC2)c[nH]1. The third-order valence-corrected chi connectivity index (χ3v) is 5.82. The van der Waals surface area contributed by atoms with Crippen LogP contribution in [0.1, 0.15) is 37.2 Å². The zero-order valence-electron chi connectivity index (χ0n) is 13.7. The molecule has 2 rings (SSSR count). The topological polar surface area (TPSA) is 82.7 Å². The summed E-state index contributed by atoms with van der Waals surface area (Å²) >= 11 is 0. The van der Waals surface area contributed by atoms with Crippen molar-refractivity contribution in [2.24, 2.45) is 0 Å². The molecule has 0 spiro atoms. The molecule has 2 heterocycles. The fourth-order valence-electron chi connectivity index (χ4n) is 2.51. The summed E-state index contributed by atoms with van der Waals surface area (Å²) in [5.74, 6) is -0.163. The Balaban J connectivity index is 2.14. The second-order valence-corrected chi connectivity index (χ2v) is 7.44. The van der Waals surface area contributed by atoms with Crippen LogP contribution in [0.15, 0.2) is 17.2 Å². The molecule has 0 radical (unpaired) electrons. The maximum atomic E-state index is 12.6. The van der Waals surface area contributed by atoms with Gasteiger partial charge in [-0.25, -0.2) is 8.42 Å². The number of nitrogens with zero attached hydrogens (tertiary/aromatic N) is 2. The van der Waals surface area contributed by atoms with Crippen LogP contribution in [0.2, 0.25) is 0 Å². The predicted octanol–water partition coefficient (Wildman–Crippen LogP) is 1.30. The molecule has 1 saturated heterocycles. The monoisotopic (exact) mass is 343 g/mol. The van der Waals surface area contributed by atoms with Crippen molar-refractivity contribution in [3.63, 3.8) is 0 Å². The van der Waals surface area contributed by atoms with E-state index < -0.39 is 10.0 Å². The van der Waals surface area contributed by atoms with Gasteiger partial charge in [0.25, 0.3) is 5.91 Å². The fourth-order valence-corrected chi connectivity index (χ4v) is 3.91. The number of nitrogens with one attached hydrogen (secondary N) is 1. The Morgan fingerprint density at radius 3 is 2.65 bits per heavy atom. The number of hydrogen-bond donors (Lipinski definition) is 1. The van der Waals surface area contributed by atoms with Crippen molar-refractivity contribution < 1.29 is 17.9 Å². The molecule has 1 aliphatic heterocycles. The van der Waals surface area contributed by atoms with Crippen LogP contribution in [-0.2, 0) is 14.8 Å². The van der Waals surface area contributed by atoms with Gasteiger partial charge in [0.05, 0.1) is 13.2 Å². The summed E-state index contributed by atoms with van der Waals surface area (Å²) in [5, 5.41) is 0. The van der Waals surface area contributed by atoms with E-state index in [-0.39, 0.29) is 10.8 Å². The largest absolute Gasteiger partial charge is 0.379 e. The van der Waals surface area contributed by atoms with Gasteiger partial charge in [-0.05, 0) is 19.4 Å². The fraction of sp³-hybridized carbons (Fsp3) is 0.667. The van der Waals surface area contributed by atoms with E-state index in [0.29, 0.717) is 45.1 Å². The van der Waals surface area contributed by atoms with Gasteiger partial charge in [0, 0.05) is 32.4 Å². The number of unbranched alkanes of at least 4 members (excludes halogenated alkanes) is 1. The van der Waals surface area contributed by atoms with Crippen molar-refractivity contribution >= 4 is 15.9 Å². The lowest BCUT2D eigenvalue weighted by molar-refractivity contribution is 0.0730. The number of hydrogen-bond acceptors (Lipinski definition) is 4. The summed E-state index contributed by atoms with van der Waals surface area (Å²) in [7, 11) is -3.57. The number of H-pyrrole nitrogens is 1. The van der Waals surface area contributed by atoms with Crippen molar-refractivity contribution in [3.05, 3.63) is 18.0 Å². The Hall–Kier alpha value is -1.38. The molecule has 1 aliphatic rings. The smallest absolute Gasteiger partial charge is 0.270 e.